The van der Waals surface area contributed by atoms with E-state index in [0.29, 0.717) is 6.54 Å². The molecule has 4 rings (SSSR count). The van der Waals surface area contributed by atoms with Crippen LogP contribution in [0.15, 0.2) is 73.1 Å². The molecule has 2 heterocycles. The maximum atomic E-state index is 13.2. The summed E-state index contributed by atoms with van der Waals surface area (Å²) in [5.74, 6) is -0.347. The van der Waals surface area contributed by atoms with Crippen molar-refractivity contribution in [1.82, 2.24) is 9.88 Å². The molecule has 3 aromatic rings. The van der Waals surface area contributed by atoms with Gasteiger partial charge in [0.25, 0.3) is 0 Å². The van der Waals surface area contributed by atoms with Gasteiger partial charge in [-0.1, -0.05) is 42.5 Å². The third kappa shape index (κ3) is 5.28. The van der Waals surface area contributed by atoms with Crippen molar-refractivity contribution in [1.29, 1.82) is 0 Å². The molecule has 0 atom stereocenters. The van der Waals surface area contributed by atoms with Gasteiger partial charge in [0.05, 0.1) is 11.4 Å². The summed E-state index contributed by atoms with van der Waals surface area (Å²) in [5, 5.41) is 0. The molecule has 0 unspecified atom stereocenters. The van der Waals surface area contributed by atoms with E-state index in [1.807, 2.05) is 31.3 Å². The topological polar surface area (TPSA) is 56.8 Å². The van der Waals surface area contributed by atoms with E-state index in [4.69, 9.17) is 0 Å². The standard InChI is InChI=1S/C29H34N4O2/c1-5-33-25-14-13-24(18-26(25)31(4)27(34)29(2,3)28(33)35)21-32(20-23-10-7-6-8-11-23)17-15-22-12-9-16-30-19-22/h6-14,16,18-19H,5,15,17,20-21H2,1-4H3. The van der Waals surface area contributed by atoms with Crippen molar-refractivity contribution in [3.05, 3.63) is 89.7 Å². The minimum Gasteiger partial charge on any atom is -0.313 e. The highest BCUT2D eigenvalue weighted by Crippen LogP contribution is 2.39. The van der Waals surface area contributed by atoms with Gasteiger partial charge in [0.15, 0.2) is 0 Å². The number of benzene rings is 2. The number of fused-ring (bicyclic) bond motifs is 1. The Kier molecular flexibility index (Phi) is 7.31. The van der Waals surface area contributed by atoms with Gasteiger partial charge in [-0.05, 0) is 62.1 Å². The average Bonchev–Trinajstić information content (AvgIpc) is 2.92. The third-order valence-electron chi connectivity index (χ3n) is 6.72. The van der Waals surface area contributed by atoms with E-state index in [9.17, 15) is 9.59 Å². The second-order valence-electron chi connectivity index (χ2n) is 9.67. The van der Waals surface area contributed by atoms with Crippen molar-refractivity contribution in [3.63, 3.8) is 0 Å². The van der Waals surface area contributed by atoms with Gasteiger partial charge in [-0.2, -0.15) is 0 Å². The van der Waals surface area contributed by atoms with Crippen LogP contribution >= 0.6 is 0 Å². The van der Waals surface area contributed by atoms with Crippen molar-refractivity contribution in [2.24, 2.45) is 5.41 Å². The number of rotatable bonds is 8. The molecular formula is C29H34N4O2. The van der Waals surface area contributed by atoms with Crippen LogP contribution < -0.4 is 9.80 Å². The lowest BCUT2D eigenvalue weighted by Crippen LogP contribution is -2.47. The van der Waals surface area contributed by atoms with Crippen LogP contribution in [0.3, 0.4) is 0 Å². The maximum absolute atomic E-state index is 13.2. The van der Waals surface area contributed by atoms with Crippen LogP contribution in [0, 0.1) is 5.41 Å². The largest absolute Gasteiger partial charge is 0.313 e. The lowest BCUT2D eigenvalue weighted by atomic mass is 9.90. The molecule has 6 heteroatoms. The smallest absolute Gasteiger partial charge is 0.242 e. The molecule has 0 saturated carbocycles. The average molecular weight is 471 g/mol. The van der Waals surface area contributed by atoms with E-state index in [1.165, 1.54) is 11.1 Å². The van der Waals surface area contributed by atoms with E-state index < -0.39 is 5.41 Å². The normalized spacial score (nSPS) is 15.3. The first-order valence-corrected chi connectivity index (χ1v) is 12.2. The molecule has 0 fully saturated rings. The summed E-state index contributed by atoms with van der Waals surface area (Å²) in [7, 11) is 1.77. The Labute approximate surface area is 208 Å². The summed E-state index contributed by atoms with van der Waals surface area (Å²) in [6, 6.07) is 20.7. The molecule has 35 heavy (non-hydrogen) atoms. The van der Waals surface area contributed by atoms with Gasteiger partial charge in [-0.15, -0.1) is 0 Å². The number of pyridine rings is 1. The van der Waals surface area contributed by atoms with Crippen LogP contribution in [0.5, 0.6) is 0 Å². The Balaban J connectivity index is 1.62. The van der Waals surface area contributed by atoms with E-state index >= 15 is 0 Å². The summed E-state index contributed by atoms with van der Waals surface area (Å²) < 4.78 is 0. The third-order valence-corrected chi connectivity index (χ3v) is 6.72. The first kappa shape index (κ1) is 24.6. The van der Waals surface area contributed by atoms with Crippen LogP contribution in [-0.4, -0.2) is 41.8 Å². The summed E-state index contributed by atoms with van der Waals surface area (Å²) in [6.07, 6.45) is 4.61. The van der Waals surface area contributed by atoms with Crippen molar-refractivity contribution in [2.45, 2.75) is 40.3 Å². The van der Waals surface area contributed by atoms with Gasteiger partial charge in [0.2, 0.25) is 11.8 Å². The maximum Gasteiger partial charge on any atom is 0.242 e. The van der Waals surface area contributed by atoms with Crippen LogP contribution in [0.4, 0.5) is 11.4 Å². The lowest BCUT2D eigenvalue weighted by molar-refractivity contribution is -0.137. The van der Waals surface area contributed by atoms with Gasteiger partial charge < -0.3 is 9.80 Å². The molecule has 2 amide bonds. The molecule has 0 spiro atoms. The van der Waals surface area contributed by atoms with Gasteiger partial charge in [0.1, 0.15) is 5.41 Å². The summed E-state index contributed by atoms with van der Waals surface area (Å²) in [5.41, 5.74) is 4.02. The van der Waals surface area contributed by atoms with Crippen molar-refractivity contribution >= 4 is 23.2 Å². The minimum absolute atomic E-state index is 0.162. The number of carbonyl (C=O) groups excluding carboxylic acids is 2. The molecular weight excluding hydrogens is 436 g/mol. The highest BCUT2D eigenvalue weighted by atomic mass is 16.2. The second-order valence-corrected chi connectivity index (χ2v) is 9.67. The van der Waals surface area contributed by atoms with E-state index in [-0.39, 0.29) is 11.8 Å². The molecule has 2 aromatic carbocycles. The zero-order valence-corrected chi connectivity index (χ0v) is 21.1. The fourth-order valence-electron chi connectivity index (χ4n) is 4.69. The Hall–Kier alpha value is -3.51. The van der Waals surface area contributed by atoms with E-state index in [1.54, 1.807) is 36.9 Å². The summed E-state index contributed by atoms with van der Waals surface area (Å²) >= 11 is 0. The molecule has 1 aliphatic heterocycles. The fourth-order valence-corrected chi connectivity index (χ4v) is 4.69. The molecule has 182 valence electrons. The Bertz CT molecular complexity index is 1180. The van der Waals surface area contributed by atoms with E-state index in [2.05, 4.69) is 52.3 Å². The number of carbonyl (C=O) groups is 2. The van der Waals surface area contributed by atoms with Crippen LogP contribution in [0.25, 0.3) is 0 Å². The number of hydrogen-bond acceptors (Lipinski definition) is 4. The van der Waals surface area contributed by atoms with Crippen LogP contribution in [-0.2, 0) is 29.1 Å². The monoisotopic (exact) mass is 470 g/mol. The summed E-state index contributed by atoms with van der Waals surface area (Å²) in [4.78, 5) is 36.4. The van der Waals surface area contributed by atoms with Crippen molar-refractivity contribution < 1.29 is 9.59 Å². The second kappa shape index (κ2) is 10.4. The highest BCUT2D eigenvalue weighted by molar-refractivity contribution is 6.19. The number of hydrogen-bond donors (Lipinski definition) is 0. The fraction of sp³-hybridized carbons (Fsp3) is 0.345. The van der Waals surface area contributed by atoms with Gasteiger partial charge in [-0.25, -0.2) is 0 Å². The van der Waals surface area contributed by atoms with Gasteiger partial charge in [0, 0.05) is 45.6 Å². The minimum atomic E-state index is -1.10. The van der Waals surface area contributed by atoms with Crippen molar-refractivity contribution in [3.8, 4) is 0 Å². The van der Waals surface area contributed by atoms with Crippen LogP contribution in [0.2, 0.25) is 0 Å². The van der Waals surface area contributed by atoms with Crippen LogP contribution in [0.1, 0.15) is 37.5 Å². The molecule has 0 aliphatic carbocycles. The Morgan fingerprint density at radius 1 is 0.857 bits per heavy atom. The molecule has 0 bridgehead atoms. The molecule has 1 aromatic heterocycles. The molecule has 1 aliphatic rings. The summed E-state index contributed by atoms with van der Waals surface area (Å²) in [6.45, 7) is 8.31. The number of anilines is 2. The first-order chi connectivity index (χ1) is 16.8. The predicted octanol–water partition coefficient (Wildman–Crippen LogP) is 4.68. The number of aromatic nitrogens is 1. The molecule has 0 N–H and O–H groups in total. The zero-order chi connectivity index (χ0) is 25.0. The molecule has 6 nitrogen and oxygen atoms in total. The highest BCUT2D eigenvalue weighted by Gasteiger charge is 2.45. The molecule has 0 radical (unpaired) electrons. The SMILES string of the molecule is CCN1C(=O)C(C)(C)C(=O)N(C)c2cc(CN(CCc3cccnc3)Cc3ccccc3)ccc21. The Morgan fingerprint density at radius 2 is 1.57 bits per heavy atom. The van der Waals surface area contributed by atoms with Gasteiger partial charge >= 0.3 is 0 Å². The van der Waals surface area contributed by atoms with E-state index in [0.717, 1.165) is 43.0 Å². The first-order valence-electron chi connectivity index (χ1n) is 12.2. The lowest BCUT2D eigenvalue weighted by Gasteiger charge is -2.27. The van der Waals surface area contributed by atoms with Crippen molar-refractivity contribution in [2.75, 3.05) is 29.9 Å². The number of nitrogens with zero attached hydrogens (tertiary/aromatic N) is 4. The van der Waals surface area contributed by atoms with Gasteiger partial charge in [-0.3, -0.25) is 19.5 Å². The zero-order valence-electron chi connectivity index (χ0n) is 21.1. The Morgan fingerprint density at radius 3 is 2.26 bits per heavy atom. The predicted molar refractivity (Wildman–Crippen MR) is 140 cm³/mol. The quantitative estimate of drug-likeness (QED) is 0.449. The molecule has 0 saturated heterocycles. The number of amides is 2.